The number of allylic oxidation sites excluding steroid dienone is 1. The summed E-state index contributed by atoms with van der Waals surface area (Å²) in [6, 6.07) is 0. The molecule has 3 fully saturated rings. The van der Waals surface area contributed by atoms with Crippen LogP contribution in [0, 0.1) is 34.5 Å². The van der Waals surface area contributed by atoms with Gasteiger partial charge in [0.15, 0.2) is 5.78 Å². The van der Waals surface area contributed by atoms with E-state index < -0.39 is 6.17 Å². The molecule has 0 bridgehead atoms. The molecule has 0 radical (unpaired) electrons. The number of hydrogen-bond acceptors (Lipinski definition) is 2. The quantitative estimate of drug-likeness (QED) is 0.699. The molecule has 0 N–H and O–H groups in total. The fraction of sp³-hybridized carbons (Fsp3) is 0.810. The average molecular weight is 332 g/mol. The first-order chi connectivity index (χ1) is 11.3. The molecule has 24 heavy (non-hydrogen) atoms. The van der Waals surface area contributed by atoms with Crippen LogP contribution >= 0.6 is 0 Å². The molecule has 0 aromatic heterocycles. The summed E-state index contributed by atoms with van der Waals surface area (Å²) >= 11 is 0. The number of fused-ring (bicyclic) bond motifs is 5. The van der Waals surface area contributed by atoms with E-state index in [4.69, 9.17) is 0 Å². The second kappa shape index (κ2) is 5.25. The molecule has 0 aromatic rings. The predicted molar refractivity (Wildman–Crippen MR) is 91.2 cm³/mol. The van der Waals surface area contributed by atoms with Crippen LogP contribution in [0.15, 0.2) is 11.6 Å². The maximum atomic E-state index is 15.1. The third-order valence-electron chi connectivity index (χ3n) is 8.43. The molecule has 0 unspecified atom stereocenters. The van der Waals surface area contributed by atoms with Crippen molar-refractivity contribution >= 4 is 11.6 Å². The molecule has 0 heterocycles. The maximum Gasteiger partial charge on any atom is 0.155 e. The van der Waals surface area contributed by atoms with Crippen LogP contribution < -0.4 is 0 Å². The topological polar surface area (TPSA) is 34.1 Å². The number of carbonyl (C=O) groups excluding carboxylic acids is 2. The van der Waals surface area contributed by atoms with Crippen molar-refractivity contribution in [3.05, 3.63) is 11.6 Å². The van der Waals surface area contributed by atoms with Crippen LogP contribution in [0.3, 0.4) is 0 Å². The number of halogens is 1. The summed E-state index contributed by atoms with van der Waals surface area (Å²) in [5.41, 5.74) is 0.699. The summed E-state index contributed by atoms with van der Waals surface area (Å²) in [5, 5.41) is 0. The molecule has 7 atom stereocenters. The third kappa shape index (κ3) is 2.05. The molecule has 0 amide bonds. The first-order valence-electron chi connectivity index (χ1n) is 9.67. The summed E-state index contributed by atoms with van der Waals surface area (Å²) in [7, 11) is 0. The Kier molecular flexibility index (Phi) is 3.61. The van der Waals surface area contributed by atoms with Gasteiger partial charge in [-0.1, -0.05) is 13.8 Å². The van der Waals surface area contributed by atoms with Crippen molar-refractivity contribution in [3.8, 4) is 0 Å². The third-order valence-corrected chi connectivity index (χ3v) is 8.43. The molecule has 3 saturated carbocycles. The van der Waals surface area contributed by atoms with Gasteiger partial charge in [0, 0.05) is 12.3 Å². The van der Waals surface area contributed by atoms with Crippen molar-refractivity contribution in [2.24, 2.45) is 34.5 Å². The SMILES string of the molecule is CC(=O)[C@@H]1CC[C@@H]2[C@@H]3C[C@H](F)C4=CC(=O)CC[C@]4(C)[C@H]3CC[C@@]21C. The minimum atomic E-state index is -0.973. The predicted octanol–water partition coefficient (Wildman–Crippen LogP) is 4.67. The smallest absolute Gasteiger partial charge is 0.155 e. The Labute approximate surface area is 144 Å². The van der Waals surface area contributed by atoms with Crippen LogP contribution in [-0.4, -0.2) is 17.7 Å². The van der Waals surface area contributed by atoms with Gasteiger partial charge in [-0.25, -0.2) is 4.39 Å². The monoisotopic (exact) mass is 332 g/mol. The lowest BCUT2D eigenvalue weighted by Gasteiger charge is -2.58. The van der Waals surface area contributed by atoms with Crippen LogP contribution in [0.1, 0.15) is 65.7 Å². The maximum absolute atomic E-state index is 15.1. The summed E-state index contributed by atoms with van der Waals surface area (Å²) < 4.78 is 15.1. The molecule has 4 rings (SSSR count). The van der Waals surface area contributed by atoms with Crippen molar-refractivity contribution in [2.45, 2.75) is 71.9 Å². The highest BCUT2D eigenvalue weighted by molar-refractivity contribution is 5.91. The van der Waals surface area contributed by atoms with Crippen molar-refractivity contribution < 1.29 is 14.0 Å². The molecule has 0 aromatic carbocycles. The molecule has 2 nitrogen and oxygen atoms in total. The first-order valence-corrected chi connectivity index (χ1v) is 9.67. The Morgan fingerprint density at radius 2 is 1.92 bits per heavy atom. The van der Waals surface area contributed by atoms with E-state index in [2.05, 4.69) is 13.8 Å². The van der Waals surface area contributed by atoms with Gasteiger partial charge in [0.25, 0.3) is 0 Å². The van der Waals surface area contributed by atoms with Crippen LogP contribution in [0.4, 0.5) is 4.39 Å². The van der Waals surface area contributed by atoms with E-state index in [1.54, 1.807) is 13.0 Å². The molecule has 4 aliphatic carbocycles. The number of hydrogen-bond donors (Lipinski definition) is 0. The summed E-state index contributed by atoms with van der Waals surface area (Å²) in [4.78, 5) is 24.0. The molecule has 132 valence electrons. The largest absolute Gasteiger partial charge is 0.300 e. The van der Waals surface area contributed by atoms with Crippen molar-refractivity contribution in [2.75, 3.05) is 0 Å². The fourth-order valence-corrected chi connectivity index (χ4v) is 7.23. The van der Waals surface area contributed by atoms with Crippen LogP contribution in [-0.2, 0) is 9.59 Å². The Morgan fingerprint density at radius 3 is 2.62 bits per heavy atom. The van der Waals surface area contributed by atoms with E-state index >= 15 is 4.39 Å². The van der Waals surface area contributed by atoms with Gasteiger partial charge in [-0.15, -0.1) is 0 Å². The zero-order valence-electron chi connectivity index (χ0n) is 15.1. The lowest BCUT2D eigenvalue weighted by atomic mass is 9.46. The zero-order valence-corrected chi connectivity index (χ0v) is 15.1. The number of ketones is 2. The normalized spacial score (nSPS) is 50.6. The van der Waals surface area contributed by atoms with Gasteiger partial charge < -0.3 is 0 Å². The van der Waals surface area contributed by atoms with Crippen LogP contribution in [0.2, 0.25) is 0 Å². The molecular formula is C21H29FO2. The Balaban J connectivity index is 1.71. The average Bonchev–Trinajstić information content (AvgIpc) is 2.87. The Bertz CT molecular complexity index is 623. The van der Waals surface area contributed by atoms with E-state index in [-0.39, 0.29) is 22.5 Å². The Morgan fingerprint density at radius 1 is 1.17 bits per heavy atom. The van der Waals surface area contributed by atoms with Gasteiger partial charge in [-0.05, 0) is 85.7 Å². The van der Waals surface area contributed by atoms with Gasteiger partial charge >= 0.3 is 0 Å². The highest BCUT2D eigenvalue weighted by atomic mass is 19.1. The number of alkyl halides is 1. The highest BCUT2D eigenvalue weighted by Crippen LogP contribution is 2.66. The highest BCUT2D eigenvalue weighted by Gasteiger charge is 2.61. The fourth-order valence-electron chi connectivity index (χ4n) is 7.23. The molecular weight excluding hydrogens is 303 g/mol. The second-order valence-corrected chi connectivity index (χ2v) is 9.35. The van der Waals surface area contributed by atoms with E-state index in [1.165, 1.54) is 0 Å². The minimum absolute atomic E-state index is 0.0643. The van der Waals surface area contributed by atoms with Crippen LogP contribution in [0.25, 0.3) is 0 Å². The number of rotatable bonds is 1. The summed E-state index contributed by atoms with van der Waals surface area (Å²) in [5.74, 6) is 1.91. The van der Waals surface area contributed by atoms with E-state index in [0.717, 1.165) is 37.7 Å². The van der Waals surface area contributed by atoms with Crippen molar-refractivity contribution in [1.82, 2.24) is 0 Å². The molecule has 0 aliphatic heterocycles. The summed E-state index contributed by atoms with van der Waals surface area (Å²) in [6.07, 6.45) is 6.80. The van der Waals surface area contributed by atoms with Gasteiger partial charge in [0.1, 0.15) is 12.0 Å². The van der Waals surface area contributed by atoms with Gasteiger partial charge in [-0.2, -0.15) is 0 Å². The first kappa shape index (κ1) is 16.5. The van der Waals surface area contributed by atoms with Gasteiger partial charge in [-0.3, -0.25) is 9.59 Å². The lowest BCUT2D eigenvalue weighted by molar-refractivity contribution is -0.129. The number of Topliss-reactive ketones (excluding diaryl/α,β-unsaturated/α-hetero) is 1. The minimum Gasteiger partial charge on any atom is -0.300 e. The zero-order chi connectivity index (χ0) is 17.3. The summed E-state index contributed by atoms with van der Waals surface area (Å²) in [6.45, 7) is 6.23. The van der Waals surface area contributed by atoms with Crippen molar-refractivity contribution in [3.63, 3.8) is 0 Å². The van der Waals surface area contributed by atoms with Crippen LogP contribution in [0.5, 0.6) is 0 Å². The van der Waals surface area contributed by atoms with E-state index in [0.29, 0.717) is 36.4 Å². The standard InChI is InChI=1S/C21H29FO2/c1-12(23)15-4-5-16-14-11-19(22)18-10-13(24)6-8-21(18,3)17(14)7-9-20(15,16)2/h10,14-17,19H,4-9,11H2,1-3H3/t14-,15-,16+,17-,19-,20+,21+/m0/s1. The van der Waals surface area contributed by atoms with Gasteiger partial charge in [0.05, 0.1) is 0 Å². The molecule has 4 aliphatic rings. The number of carbonyl (C=O) groups is 2. The molecule has 3 heteroatoms. The van der Waals surface area contributed by atoms with E-state index in [1.807, 2.05) is 0 Å². The van der Waals surface area contributed by atoms with Crippen molar-refractivity contribution in [1.29, 1.82) is 0 Å². The second-order valence-electron chi connectivity index (χ2n) is 9.35. The van der Waals surface area contributed by atoms with Gasteiger partial charge in [0.2, 0.25) is 0 Å². The molecule has 0 spiro atoms. The Hall–Kier alpha value is -0.990. The lowest BCUT2D eigenvalue weighted by Crippen LogP contribution is -2.53. The van der Waals surface area contributed by atoms with E-state index in [9.17, 15) is 9.59 Å². The molecule has 0 saturated heterocycles.